The van der Waals surface area contributed by atoms with Gasteiger partial charge in [-0.1, -0.05) is 30.3 Å². The Morgan fingerprint density at radius 1 is 1.00 bits per heavy atom. The number of nitrogens with zero attached hydrogens (tertiary/aromatic N) is 2. The summed E-state index contributed by atoms with van der Waals surface area (Å²) >= 11 is 0. The standard InChI is InChI=1S/C21H30N2O3/c24-20(7-4-8-21(25)26)23(18-9-10-18)19-12-15-22(16-13-19)14-11-17-5-2-1-3-6-17/h1-3,5-6,18-19H,4,7-16H2,(H,25,26). The summed E-state index contributed by atoms with van der Waals surface area (Å²) in [7, 11) is 0. The van der Waals surface area contributed by atoms with Crippen LogP contribution in [0.15, 0.2) is 30.3 Å². The molecule has 1 N–H and O–H groups in total. The fraction of sp³-hybridized carbons (Fsp3) is 0.619. The first-order valence-corrected chi connectivity index (χ1v) is 9.92. The van der Waals surface area contributed by atoms with E-state index >= 15 is 0 Å². The number of aliphatic carboxylic acids is 1. The predicted octanol–water partition coefficient (Wildman–Crippen LogP) is 2.94. The van der Waals surface area contributed by atoms with Gasteiger partial charge >= 0.3 is 5.97 Å². The highest BCUT2D eigenvalue weighted by Crippen LogP contribution is 2.32. The van der Waals surface area contributed by atoms with Crippen molar-refractivity contribution in [1.29, 1.82) is 0 Å². The molecule has 5 heteroatoms. The summed E-state index contributed by atoms with van der Waals surface area (Å²) in [5, 5.41) is 8.77. The van der Waals surface area contributed by atoms with Crippen LogP contribution < -0.4 is 0 Å². The van der Waals surface area contributed by atoms with Gasteiger partial charge in [-0.25, -0.2) is 0 Å². The van der Waals surface area contributed by atoms with Crippen LogP contribution in [0.2, 0.25) is 0 Å². The van der Waals surface area contributed by atoms with E-state index in [9.17, 15) is 9.59 Å². The highest BCUT2D eigenvalue weighted by atomic mass is 16.4. The number of hydrogen-bond donors (Lipinski definition) is 1. The minimum Gasteiger partial charge on any atom is -0.481 e. The van der Waals surface area contributed by atoms with Crippen molar-refractivity contribution in [3.05, 3.63) is 35.9 Å². The molecule has 1 aromatic carbocycles. The molecule has 1 aromatic rings. The zero-order chi connectivity index (χ0) is 18.4. The third-order valence-electron chi connectivity index (χ3n) is 5.52. The summed E-state index contributed by atoms with van der Waals surface area (Å²) in [6.45, 7) is 3.17. The van der Waals surface area contributed by atoms with Crippen LogP contribution in [0.25, 0.3) is 0 Å². The van der Waals surface area contributed by atoms with Gasteiger partial charge in [0.1, 0.15) is 0 Å². The number of likely N-dealkylation sites (tertiary alicyclic amines) is 1. The zero-order valence-corrected chi connectivity index (χ0v) is 15.5. The number of hydrogen-bond acceptors (Lipinski definition) is 3. The molecule has 2 fully saturated rings. The van der Waals surface area contributed by atoms with Gasteiger partial charge in [0.25, 0.3) is 0 Å². The van der Waals surface area contributed by atoms with Crippen molar-refractivity contribution >= 4 is 11.9 Å². The number of carbonyl (C=O) groups is 2. The highest BCUT2D eigenvalue weighted by molar-refractivity contribution is 5.78. The van der Waals surface area contributed by atoms with Crippen LogP contribution >= 0.6 is 0 Å². The molecule has 1 amide bonds. The van der Waals surface area contributed by atoms with Gasteiger partial charge in [-0.3, -0.25) is 9.59 Å². The van der Waals surface area contributed by atoms with Crippen LogP contribution in [-0.4, -0.2) is 58.5 Å². The third kappa shape index (κ3) is 5.56. The number of carboxylic acid groups (broad SMARTS) is 1. The number of rotatable bonds is 9. The maximum Gasteiger partial charge on any atom is 0.303 e. The van der Waals surface area contributed by atoms with Crippen molar-refractivity contribution in [3.8, 4) is 0 Å². The summed E-state index contributed by atoms with van der Waals surface area (Å²) in [6, 6.07) is 11.3. The van der Waals surface area contributed by atoms with Gasteiger partial charge in [0, 0.05) is 44.6 Å². The molecule has 1 aliphatic heterocycles. The first-order chi connectivity index (χ1) is 12.6. The molecular formula is C21H30N2O3. The number of piperidine rings is 1. The van der Waals surface area contributed by atoms with E-state index in [0.717, 1.165) is 51.7 Å². The molecule has 0 atom stereocenters. The Labute approximate surface area is 156 Å². The third-order valence-corrected chi connectivity index (χ3v) is 5.52. The molecule has 1 aliphatic carbocycles. The Morgan fingerprint density at radius 2 is 1.65 bits per heavy atom. The molecule has 26 heavy (non-hydrogen) atoms. The molecule has 5 nitrogen and oxygen atoms in total. The molecule has 0 bridgehead atoms. The minimum absolute atomic E-state index is 0.0855. The van der Waals surface area contributed by atoms with Gasteiger partial charge in [0.05, 0.1) is 0 Å². The second-order valence-electron chi connectivity index (χ2n) is 7.59. The molecule has 1 heterocycles. The zero-order valence-electron chi connectivity index (χ0n) is 15.5. The van der Waals surface area contributed by atoms with Crippen LogP contribution in [-0.2, 0) is 16.0 Å². The Bertz CT molecular complexity index is 593. The molecule has 3 rings (SSSR count). The molecular weight excluding hydrogens is 328 g/mol. The predicted molar refractivity (Wildman–Crippen MR) is 101 cm³/mol. The lowest BCUT2D eigenvalue weighted by molar-refractivity contribution is -0.138. The number of carbonyl (C=O) groups excluding carboxylic acids is 1. The molecule has 2 aliphatic rings. The van der Waals surface area contributed by atoms with Gasteiger partial charge in [-0.15, -0.1) is 0 Å². The van der Waals surface area contributed by atoms with E-state index < -0.39 is 5.97 Å². The maximum absolute atomic E-state index is 12.6. The Hall–Kier alpha value is -1.88. The van der Waals surface area contributed by atoms with E-state index in [1.807, 2.05) is 0 Å². The normalized spacial score (nSPS) is 18.6. The van der Waals surface area contributed by atoms with Crippen molar-refractivity contribution in [1.82, 2.24) is 9.80 Å². The number of benzene rings is 1. The van der Waals surface area contributed by atoms with Crippen molar-refractivity contribution < 1.29 is 14.7 Å². The van der Waals surface area contributed by atoms with Crippen LogP contribution in [0.5, 0.6) is 0 Å². The molecule has 0 radical (unpaired) electrons. The second kappa shape index (κ2) is 9.17. The average Bonchev–Trinajstić information content (AvgIpc) is 3.47. The average molecular weight is 358 g/mol. The monoisotopic (exact) mass is 358 g/mol. The molecule has 1 saturated heterocycles. The van der Waals surface area contributed by atoms with E-state index in [2.05, 4.69) is 40.1 Å². The van der Waals surface area contributed by atoms with Gasteiger partial charge in [-0.2, -0.15) is 0 Å². The van der Waals surface area contributed by atoms with E-state index in [0.29, 0.717) is 24.9 Å². The first kappa shape index (κ1) is 18.9. The number of amides is 1. The first-order valence-electron chi connectivity index (χ1n) is 9.92. The Kier molecular flexibility index (Phi) is 6.67. The second-order valence-corrected chi connectivity index (χ2v) is 7.59. The molecule has 0 unspecified atom stereocenters. The van der Waals surface area contributed by atoms with E-state index in [1.165, 1.54) is 5.56 Å². The summed E-state index contributed by atoms with van der Waals surface area (Å²) in [5.41, 5.74) is 1.38. The minimum atomic E-state index is -0.817. The van der Waals surface area contributed by atoms with E-state index in [4.69, 9.17) is 5.11 Å². The van der Waals surface area contributed by atoms with E-state index in [-0.39, 0.29) is 12.3 Å². The van der Waals surface area contributed by atoms with Gasteiger partial charge < -0.3 is 14.9 Å². The van der Waals surface area contributed by atoms with Crippen LogP contribution in [0.1, 0.15) is 50.5 Å². The Balaban J connectivity index is 1.44. The smallest absolute Gasteiger partial charge is 0.303 e. The van der Waals surface area contributed by atoms with Crippen molar-refractivity contribution in [2.75, 3.05) is 19.6 Å². The van der Waals surface area contributed by atoms with Crippen LogP contribution in [0.3, 0.4) is 0 Å². The SMILES string of the molecule is O=C(O)CCCC(=O)N(C1CC1)C1CCN(CCc2ccccc2)CC1. The molecule has 0 spiro atoms. The largest absolute Gasteiger partial charge is 0.481 e. The lowest BCUT2D eigenvalue weighted by Crippen LogP contribution is -2.48. The van der Waals surface area contributed by atoms with Gasteiger partial charge in [0.15, 0.2) is 0 Å². The maximum atomic E-state index is 12.6. The van der Waals surface area contributed by atoms with Gasteiger partial charge in [0.2, 0.25) is 5.91 Å². The molecule has 1 saturated carbocycles. The number of carboxylic acids is 1. The van der Waals surface area contributed by atoms with Crippen molar-refractivity contribution in [2.45, 2.75) is 63.5 Å². The summed E-state index contributed by atoms with van der Waals surface area (Å²) in [5.74, 6) is -0.654. The fourth-order valence-corrected chi connectivity index (χ4v) is 3.93. The summed E-state index contributed by atoms with van der Waals surface area (Å²) < 4.78 is 0. The van der Waals surface area contributed by atoms with Crippen LogP contribution in [0.4, 0.5) is 0 Å². The lowest BCUT2D eigenvalue weighted by Gasteiger charge is -2.39. The topological polar surface area (TPSA) is 60.9 Å². The lowest BCUT2D eigenvalue weighted by atomic mass is 10.0. The van der Waals surface area contributed by atoms with E-state index in [1.54, 1.807) is 0 Å². The molecule has 142 valence electrons. The quantitative estimate of drug-likeness (QED) is 0.737. The van der Waals surface area contributed by atoms with Crippen molar-refractivity contribution in [3.63, 3.8) is 0 Å². The van der Waals surface area contributed by atoms with Gasteiger partial charge in [-0.05, 0) is 44.1 Å². The Morgan fingerprint density at radius 3 is 2.27 bits per heavy atom. The highest BCUT2D eigenvalue weighted by Gasteiger charge is 2.38. The summed E-state index contributed by atoms with van der Waals surface area (Å²) in [4.78, 5) is 27.9. The van der Waals surface area contributed by atoms with Crippen molar-refractivity contribution in [2.24, 2.45) is 0 Å². The molecule has 0 aromatic heterocycles. The van der Waals surface area contributed by atoms with Crippen LogP contribution in [0, 0.1) is 0 Å². The fourth-order valence-electron chi connectivity index (χ4n) is 3.93. The summed E-state index contributed by atoms with van der Waals surface area (Å²) in [6.07, 6.45) is 6.28.